The minimum atomic E-state index is -0.615. The molecule has 13 heteroatoms. The Hall–Kier alpha value is -3.81. The number of halogens is 3. The van der Waals surface area contributed by atoms with Crippen LogP contribution in [0, 0.1) is 17.5 Å². The van der Waals surface area contributed by atoms with Crippen LogP contribution < -0.4 is 15.4 Å². The van der Waals surface area contributed by atoms with E-state index < -0.39 is 23.5 Å². The molecule has 1 fully saturated rings. The van der Waals surface area contributed by atoms with Crippen molar-refractivity contribution in [3.05, 3.63) is 77.2 Å². The number of pyridine rings is 1. The summed E-state index contributed by atoms with van der Waals surface area (Å²) in [6, 6.07) is 11.5. The molecule has 5 rings (SSSR count). The van der Waals surface area contributed by atoms with Gasteiger partial charge in [-0.3, -0.25) is 0 Å². The van der Waals surface area contributed by atoms with Crippen LogP contribution in [-0.4, -0.2) is 49.0 Å². The molecule has 1 aliphatic rings. The number of hydrogen-bond acceptors (Lipinski definition) is 9. The standard InChI is InChI=1S/C30H30F3N5O3S2/c1-17(36-30(39)40-2)16-35-25-14-19(8-11-34-25)28-27(37-29(42-28)18-9-12-41-13-10-18)21-4-3-5-23(26(21)33)38-43-24-15-20(31)6-7-22(24)32/h3-8,11,14-15,17-18,38H,9-10,12-13,16H2,1-2H3,(H,34,35)(H,36,39)/t17-/m0/s1. The summed E-state index contributed by atoms with van der Waals surface area (Å²) >= 11 is 2.30. The first kappa shape index (κ1) is 30.6. The average Bonchev–Trinajstić information content (AvgIpc) is 3.47. The highest BCUT2D eigenvalue weighted by Crippen LogP contribution is 2.43. The first-order chi connectivity index (χ1) is 20.8. The fourth-order valence-corrected chi connectivity index (χ4v) is 6.49. The number of hydrogen-bond donors (Lipinski definition) is 3. The van der Waals surface area contributed by atoms with Gasteiger partial charge in [0.15, 0.2) is 5.82 Å². The largest absolute Gasteiger partial charge is 0.453 e. The highest BCUT2D eigenvalue weighted by molar-refractivity contribution is 8.00. The van der Waals surface area contributed by atoms with Gasteiger partial charge < -0.3 is 24.8 Å². The Kier molecular flexibility index (Phi) is 10.1. The van der Waals surface area contributed by atoms with Gasteiger partial charge in [-0.1, -0.05) is 6.07 Å². The molecule has 0 bridgehead atoms. The number of alkyl carbamates (subject to hydrolysis) is 1. The summed E-state index contributed by atoms with van der Waals surface area (Å²) in [5.74, 6) is -1.00. The van der Waals surface area contributed by atoms with Gasteiger partial charge in [-0.2, -0.15) is 0 Å². The molecule has 1 atom stereocenters. The molecule has 0 saturated carbocycles. The van der Waals surface area contributed by atoms with Gasteiger partial charge in [0.05, 0.1) is 33.3 Å². The molecule has 1 saturated heterocycles. The van der Waals surface area contributed by atoms with Crippen molar-refractivity contribution in [3.63, 3.8) is 0 Å². The van der Waals surface area contributed by atoms with E-state index in [1.54, 1.807) is 18.3 Å². The van der Waals surface area contributed by atoms with E-state index in [9.17, 15) is 13.6 Å². The molecule has 0 unspecified atom stereocenters. The summed E-state index contributed by atoms with van der Waals surface area (Å²) in [5.41, 5.74) is 1.66. The van der Waals surface area contributed by atoms with E-state index in [2.05, 4.69) is 25.1 Å². The maximum absolute atomic E-state index is 16.0. The number of thiazole rings is 1. The number of ether oxygens (including phenoxy) is 2. The van der Waals surface area contributed by atoms with Crippen LogP contribution in [0.1, 0.15) is 30.7 Å². The second-order valence-electron chi connectivity index (χ2n) is 9.91. The molecule has 0 aliphatic carbocycles. The second kappa shape index (κ2) is 14.1. The van der Waals surface area contributed by atoms with Gasteiger partial charge in [-0.05, 0) is 79.7 Å². The number of nitrogens with zero attached hydrogens (tertiary/aromatic N) is 2. The number of carbonyl (C=O) groups is 1. The molecule has 2 aromatic heterocycles. The van der Waals surface area contributed by atoms with E-state index in [-0.39, 0.29) is 28.1 Å². The van der Waals surface area contributed by atoms with E-state index >= 15 is 4.39 Å². The van der Waals surface area contributed by atoms with Crippen LogP contribution >= 0.6 is 23.3 Å². The summed E-state index contributed by atoms with van der Waals surface area (Å²) in [6.45, 7) is 3.51. The number of rotatable bonds is 10. The summed E-state index contributed by atoms with van der Waals surface area (Å²) in [4.78, 5) is 21.6. The Balaban J connectivity index is 1.46. The zero-order valence-electron chi connectivity index (χ0n) is 23.5. The third-order valence-corrected chi connectivity index (χ3v) is 8.92. The van der Waals surface area contributed by atoms with Crippen molar-refractivity contribution in [1.29, 1.82) is 0 Å². The van der Waals surface area contributed by atoms with E-state index in [0.29, 0.717) is 31.3 Å². The van der Waals surface area contributed by atoms with E-state index in [4.69, 9.17) is 9.72 Å². The molecule has 8 nitrogen and oxygen atoms in total. The molecule has 0 radical (unpaired) electrons. The highest BCUT2D eigenvalue weighted by atomic mass is 32.2. The number of aromatic nitrogens is 2. The van der Waals surface area contributed by atoms with Crippen LogP contribution in [0.25, 0.3) is 21.7 Å². The van der Waals surface area contributed by atoms with Gasteiger partial charge in [0.1, 0.15) is 17.5 Å². The maximum atomic E-state index is 16.0. The van der Waals surface area contributed by atoms with Gasteiger partial charge in [0.2, 0.25) is 0 Å². The first-order valence-corrected chi connectivity index (χ1v) is 15.3. The quantitative estimate of drug-likeness (QED) is 0.156. The fourth-order valence-electron chi connectivity index (χ4n) is 4.53. The van der Waals surface area contributed by atoms with Gasteiger partial charge in [-0.25, -0.2) is 27.9 Å². The number of carbonyl (C=O) groups excluding carboxylic acids is 1. The van der Waals surface area contributed by atoms with E-state index in [0.717, 1.165) is 58.4 Å². The SMILES string of the molecule is COC(=O)N[C@@H](C)CNc1cc(-c2sc(C3CCOCC3)nc2-c2cccc(NSc3cc(F)ccc3F)c2F)ccn1. The fraction of sp³-hybridized carbons (Fsp3) is 0.300. The second-order valence-corrected chi connectivity index (χ2v) is 11.8. The van der Waals surface area contributed by atoms with Gasteiger partial charge in [0.25, 0.3) is 0 Å². The lowest BCUT2D eigenvalue weighted by Gasteiger charge is -2.19. The zero-order chi connectivity index (χ0) is 30.3. The Labute approximate surface area is 255 Å². The Morgan fingerprint density at radius 2 is 1.98 bits per heavy atom. The third kappa shape index (κ3) is 7.59. The Morgan fingerprint density at radius 1 is 1.16 bits per heavy atom. The van der Waals surface area contributed by atoms with Crippen molar-refractivity contribution in [1.82, 2.24) is 15.3 Å². The van der Waals surface area contributed by atoms with Crippen molar-refractivity contribution < 1.29 is 27.4 Å². The minimum absolute atomic E-state index is 0.00822. The lowest BCUT2D eigenvalue weighted by atomic mass is 10.0. The molecule has 1 amide bonds. The molecule has 0 spiro atoms. The molecule has 3 N–H and O–H groups in total. The van der Waals surface area contributed by atoms with Gasteiger partial charge in [-0.15, -0.1) is 11.3 Å². The monoisotopic (exact) mass is 629 g/mol. The highest BCUT2D eigenvalue weighted by Gasteiger charge is 2.25. The maximum Gasteiger partial charge on any atom is 0.407 e. The van der Waals surface area contributed by atoms with E-state index in [1.165, 1.54) is 24.5 Å². The van der Waals surface area contributed by atoms with Crippen LogP contribution in [0.4, 0.5) is 29.5 Å². The van der Waals surface area contributed by atoms with Crippen LogP contribution in [0.3, 0.4) is 0 Å². The van der Waals surface area contributed by atoms with Crippen LogP contribution in [0.5, 0.6) is 0 Å². The predicted molar refractivity (Wildman–Crippen MR) is 163 cm³/mol. The molecule has 4 aromatic rings. The van der Waals surface area contributed by atoms with E-state index in [1.807, 2.05) is 19.1 Å². The van der Waals surface area contributed by atoms with Gasteiger partial charge >= 0.3 is 6.09 Å². The van der Waals surface area contributed by atoms with Crippen molar-refractivity contribution in [2.45, 2.75) is 36.6 Å². The Morgan fingerprint density at radius 3 is 2.77 bits per heavy atom. The van der Waals surface area contributed by atoms with Crippen LogP contribution in [-0.2, 0) is 9.47 Å². The molecule has 43 heavy (non-hydrogen) atoms. The lowest BCUT2D eigenvalue weighted by molar-refractivity contribution is 0.0853. The van der Waals surface area contributed by atoms with Crippen molar-refractivity contribution in [3.8, 4) is 21.7 Å². The minimum Gasteiger partial charge on any atom is -0.453 e. The topological polar surface area (TPSA) is 97.4 Å². The first-order valence-electron chi connectivity index (χ1n) is 13.6. The molecular weight excluding hydrogens is 599 g/mol. The molecule has 2 aromatic carbocycles. The Bertz CT molecular complexity index is 1580. The molecule has 3 heterocycles. The third-order valence-electron chi connectivity index (χ3n) is 6.79. The number of anilines is 2. The smallest absolute Gasteiger partial charge is 0.407 e. The molecule has 1 aliphatic heterocycles. The summed E-state index contributed by atoms with van der Waals surface area (Å²) in [7, 11) is 1.30. The number of benzene rings is 2. The number of amides is 1. The zero-order valence-corrected chi connectivity index (χ0v) is 25.1. The summed E-state index contributed by atoms with van der Waals surface area (Å²) in [5, 5.41) is 6.81. The predicted octanol–water partition coefficient (Wildman–Crippen LogP) is 7.46. The van der Waals surface area contributed by atoms with Crippen LogP contribution in [0.15, 0.2) is 59.6 Å². The molecule has 226 valence electrons. The number of nitrogens with one attached hydrogen (secondary N) is 3. The average molecular weight is 630 g/mol. The van der Waals surface area contributed by atoms with Gasteiger partial charge in [0, 0.05) is 43.5 Å². The normalized spacial score (nSPS) is 14.3. The summed E-state index contributed by atoms with van der Waals surface area (Å²) < 4.78 is 56.9. The lowest BCUT2D eigenvalue weighted by Crippen LogP contribution is -2.37. The van der Waals surface area contributed by atoms with Crippen molar-refractivity contribution in [2.75, 3.05) is 36.9 Å². The summed E-state index contributed by atoms with van der Waals surface area (Å²) in [6.07, 6.45) is 2.77. The van der Waals surface area contributed by atoms with Crippen molar-refractivity contribution >= 4 is 40.9 Å². The molecular formula is C30H30F3N5O3S2. The van der Waals surface area contributed by atoms with Crippen LogP contribution in [0.2, 0.25) is 0 Å². The van der Waals surface area contributed by atoms with Crippen molar-refractivity contribution in [2.24, 2.45) is 0 Å². The number of methoxy groups -OCH3 is 1.